The van der Waals surface area contributed by atoms with E-state index in [-0.39, 0.29) is 12.5 Å². The number of urea groups is 1. The molecule has 0 bridgehead atoms. The molecule has 0 spiro atoms. The first-order chi connectivity index (χ1) is 9.42. The number of hydrogen-bond acceptors (Lipinski definition) is 5. The molecule has 1 atom stereocenters. The number of nitrogens with zero attached hydrogens (tertiary/aromatic N) is 4. The molecule has 20 heavy (non-hydrogen) atoms. The lowest BCUT2D eigenvalue weighted by Crippen LogP contribution is -2.62. The Morgan fingerprint density at radius 2 is 1.95 bits per heavy atom. The molecule has 0 aromatic rings. The van der Waals surface area contributed by atoms with Crippen LogP contribution in [0.15, 0.2) is 4.99 Å². The lowest BCUT2D eigenvalue weighted by molar-refractivity contribution is -0.526. The van der Waals surface area contributed by atoms with E-state index >= 15 is 0 Å². The van der Waals surface area contributed by atoms with Gasteiger partial charge in [-0.05, 0) is 0 Å². The highest BCUT2D eigenvalue weighted by Gasteiger charge is 2.51. The Balaban J connectivity index is 2.42. The van der Waals surface area contributed by atoms with Crippen molar-refractivity contribution in [1.82, 2.24) is 20.4 Å². The number of nitrogens with one attached hydrogen (secondary N) is 2. The third kappa shape index (κ3) is 1.91. The van der Waals surface area contributed by atoms with Crippen LogP contribution in [0.3, 0.4) is 0 Å². The first kappa shape index (κ1) is 14.0. The van der Waals surface area contributed by atoms with Gasteiger partial charge in [-0.25, -0.2) is 9.37 Å². The van der Waals surface area contributed by atoms with Crippen molar-refractivity contribution in [1.29, 1.82) is 0 Å². The minimum atomic E-state index is -0.762. The maximum Gasteiger partial charge on any atom is 0.390 e. The predicted octanol–water partition coefficient (Wildman–Crippen LogP) is -2.38. The summed E-state index contributed by atoms with van der Waals surface area (Å²) in [4.78, 5) is 42.3. The molecule has 2 aliphatic heterocycles. The second-order valence-electron chi connectivity index (χ2n) is 4.49. The van der Waals surface area contributed by atoms with Crippen molar-refractivity contribution >= 4 is 29.6 Å². The van der Waals surface area contributed by atoms with Crippen LogP contribution >= 0.6 is 0 Å². The van der Waals surface area contributed by atoms with Crippen LogP contribution < -0.4 is 10.6 Å². The number of imide groups is 1. The van der Waals surface area contributed by atoms with Gasteiger partial charge in [0, 0.05) is 21.1 Å². The first-order valence-electron chi connectivity index (χ1n) is 6.08. The fraction of sp³-hybridized carbons (Fsp3) is 0.545. The minimum absolute atomic E-state index is 0.0219. The molecule has 108 valence electrons. The Morgan fingerprint density at radius 3 is 2.50 bits per heavy atom. The van der Waals surface area contributed by atoms with Gasteiger partial charge in [0.1, 0.15) is 6.54 Å². The van der Waals surface area contributed by atoms with Crippen LogP contribution in [-0.2, 0) is 9.59 Å². The summed E-state index contributed by atoms with van der Waals surface area (Å²) >= 11 is 0. The molecule has 2 rings (SSSR count). The largest absolute Gasteiger partial charge is 0.390 e. The van der Waals surface area contributed by atoms with Gasteiger partial charge in [-0.2, -0.15) is 0 Å². The van der Waals surface area contributed by atoms with Gasteiger partial charge in [0.25, 0.3) is 11.8 Å². The number of amides is 4. The normalized spacial score (nSPS) is 22.0. The number of aliphatic imine (C=N–C) groups is 1. The molecule has 1 unspecified atom stereocenters. The molecule has 0 saturated carbocycles. The summed E-state index contributed by atoms with van der Waals surface area (Å²) in [6.45, 7) is -0.0219. The Kier molecular flexibility index (Phi) is 3.43. The van der Waals surface area contributed by atoms with Crippen molar-refractivity contribution in [3.05, 3.63) is 0 Å². The van der Waals surface area contributed by atoms with Crippen molar-refractivity contribution in [3.8, 4) is 0 Å². The Morgan fingerprint density at radius 1 is 1.30 bits per heavy atom. The number of carbonyl (C=O) groups is 3. The number of hydrogen-bond donors (Lipinski definition) is 2. The highest BCUT2D eigenvalue weighted by Crippen LogP contribution is 2.17. The molecule has 9 heteroatoms. The highest BCUT2D eigenvalue weighted by atomic mass is 16.2. The van der Waals surface area contributed by atoms with E-state index in [0.717, 1.165) is 4.90 Å². The SMILES string of the molecule is CNC(=O)C[N+]1=C(NC)N=C2C1C(=O)N(C)C(=O)N2C. The topological polar surface area (TPSA) is 97.1 Å². The van der Waals surface area contributed by atoms with E-state index in [2.05, 4.69) is 15.6 Å². The van der Waals surface area contributed by atoms with E-state index in [1.54, 1.807) is 14.1 Å². The lowest BCUT2D eigenvalue weighted by Gasteiger charge is -2.31. The number of amidine groups is 1. The van der Waals surface area contributed by atoms with Gasteiger partial charge in [0.2, 0.25) is 11.9 Å². The van der Waals surface area contributed by atoms with Gasteiger partial charge < -0.3 is 5.32 Å². The number of rotatable bonds is 2. The van der Waals surface area contributed by atoms with E-state index < -0.39 is 18.0 Å². The van der Waals surface area contributed by atoms with Crippen LogP contribution in [0.2, 0.25) is 0 Å². The summed E-state index contributed by atoms with van der Waals surface area (Å²) in [7, 11) is 6.12. The second-order valence-corrected chi connectivity index (χ2v) is 4.49. The molecule has 1 fully saturated rings. The summed E-state index contributed by atoms with van der Waals surface area (Å²) in [5.74, 6) is 0.0634. The minimum Gasteiger partial charge on any atom is -0.356 e. The van der Waals surface area contributed by atoms with Crippen LogP contribution in [0, 0.1) is 0 Å². The molecule has 0 aliphatic carbocycles. The zero-order chi connectivity index (χ0) is 15.0. The Labute approximate surface area is 115 Å². The van der Waals surface area contributed by atoms with E-state index in [9.17, 15) is 14.4 Å². The van der Waals surface area contributed by atoms with Crippen LogP contribution in [0.25, 0.3) is 0 Å². The fourth-order valence-electron chi connectivity index (χ4n) is 2.20. The standard InChI is InChI=1S/C11H16N6O3/c1-12-6(18)5-17-7-8(14-10(17)13-2)15(3)11(20)16(4)9(7)19/h7H,5H2,1-4H3,(H,12,18)/p+1. The maximum atomic E-state index is 12.3. The monoisotopic (exact) mass is 281 g/mol. The van der Waals surface area contributed by atoms with Gasteiger partial charge >= 0.3 is 12.0 Å². The van der Waals surface area contributed by atoms with E-state index in [1.165, 1.54) is 23.6 Å². The van der Waals surface area contributed by atoms with Crippen molar-refractivity contribution < 1.29 is 19.0 Å². The maximum absolute atomic E-state index is 12.3. The van der Waals surface area contributed by atoms with E-state index in [1.807, 2.05) is 0 Å². The third-order valence-corrected chi connectivity index (χ3v) is 3.35. The van der Waals surface area contributed by atoms with E-state index in [4.69, 9.17) is 0 Å². The summed E-state index contributed by atoms with van der Waals surface area (Å²) < 4.78 is 1.54. The molecule has 9 nitrogen and oxygen atoms in total. The number of likely N-dealkylation sites (N-methyl/N-ethyl adjacent to an activating group) is 3. The van der Waals surface area contributed by atoms with Crippen molar-refractivity contribution in [3.63, 3.8) is 0 Å². The van der Waals surface area contributed by atoms with Gasteiger partial charge in [-0.3, -0.25) is 24.7 Å². The van der Waals surface area contributed by atoms with Gasteiger partial charge in [-0.15, -0.1) is 0 Å². The molecule has 1 saturated heterocycles. The van der Waals surface area contributed by atoms with Gasteiger partial charge in [0.05, 0.1) is 7.05 Å². The van der Waals surface area contributed by atoms with Gasteiger partial charge in [-0.1, -0.05) is 4.99 Å². The first-order valence-corrected chi connectivity index (χ1v) is 6.08. The number of fused-ring (bicyclic) bond motifs is 1. The molecular formula is C11H17N6O3+. The molecule has 0 radical (unpaired) electrons. The molecule has 2 N–H and O–H groups in total. The van der Waals surface area contributed by atoms with Crippen LogP contribution in [0.1, 0.15) is 0 Å². The quantitative estimate of drug-likeness (QED) is 0.553. The lowest BCUT2D eigenvalue weighted by atomic mass is 10.1. The van der Waals surface area contributed by atoms with Crippen molar-refractivity contribution in [2.24, 2.45) is 4.99 Å². The van der Waals surface area contributed by atoms with E-state index in [0.29, 0.717) is 11.8 Å². The third-order valence-electron chi connectivity index (χ3n) is 3.35. The summed E-state index contributed by atoms with van der Waals surface area (Å²) in [5, 5.41) is 5.34. The summed E-state index contributed by atoms with van der Waals surface area (Å²) in [6, 6.07) is -1.20. The summed E-state index contributed by atoms with van der Waals surface area (Å²) in [6.07, 6.45) is 0. The highest BCUT2D eigenvalue weighted by molar-refractivity contribution is 6.22. The van der Waals surface area contributed by atoms with Crippen LogP contribution in [0.5, 0.6) is 0 Å². The molecule has 2 aliphatic rings. The van der Waals surface area contributed by atoms with Crippen LogP contribution in [-0.4, -0.2) is 84.8 Å². The fourth-order valence-corrected chi connectivity index (χ4v) is 2.20. The van der Waals surface area contributed by atoms with Crippen molar-refractivity contribution in [2.75, 3.05) is 34.7 Å². The Hall–Kier alpha value is -2.45. The predicted molar refractivity (Wildman–Crippen MR) is 70.4 cm³/mol. The molecule has 4 amide bonds. The molecular weight excluding hydrogens is 264 g/mol. The summed E-state index contributed by atoms with van der Waals surface area (Å²) in [5.41, 5.74) is 0. The molecule has 0 aromatic heterocycles. The number of guanidine groups is 1. The van der Waals surface area contributed by atoms with Gasteiger partial charge in [0.15, 0.2) is 0 Å². The molecule has 0 aromatic carbocycles. The second kappa shape index (κ2) is 4.91. The van der Waals surface area contributed by atoms with Crippen molar-refractivity contribution in [2.45, 2.75) is 6.04 Å². The average molecular weight is 281 g/mol. The number of carbonyl (C=O) groups excluding carboxylic acids is 3. The zero-order valence-electron chi connectivity index (χ0n) is 11.8. The zero-order valence-corrected chi connectivity index (χ0v) is 11.8. The van der Waals surface area contributed by atoms with Crippen LogP contribution in [0.4, 0.5) is 4.79 Å². The Bertz CT molecular complexity index is 552. The average Bonchev–Trinajstić information content (AvgIpc) is 2.81. The molecule has 2 heterocycles. The smallest absolute Gasteiger partial charge is 0.356 e.